The van der Waals surface area contributed by atoms with Crippen molar-refractivity contribution >= 4 is 11.6 Å². The highest BCUT2D eigenvalue weighted by Gasteiger charge is 2.30. The van der Waals surface area contributed by atoms with Gasteiger partial charge in [0.05, 0.1) is 10.9 Å². The van der Waals surface area contributed by atoms with E-state index in [-0.39, 0.29) is 5.56 Å². The number of hydrogen-bond donors (Lipinski definition) is 0. The molecule has 2 aromatic carbocycles. The summed E-state index contributed by atoms with van der Waals surface area (Å²) in [6, 6.07) is 4.45. The zero-order chi connectivity index (χ0) is 15.8. The fourth-order valence-corrected chi connectivity index (χ4v) is 2.16. The second kappa shape index (κ2) is 5.60. The molecule has 0 aliphatic heterocycles. The molecule has 0 saturated heterocycles. The lowest BCUT2D eigenvalue weighted by molar-refractivity contribution is -0.137. The van der Waals surface area contributed by atoms with Crippen LogP contribution in [0.25, 0.3) is 0 Å². The van der Waals surface area contributed by atoms with E-state index in [2.05, 4.69) is 0 Å². The monoisotopic (exact) mass is 324 g/mol. The number of halogens is 7. The molecule has 0 bridgehead atoms. The molecule has 1 unspecified atom stereocenters. The number of benzene rings is 2. The quantitative estimate of drug-likeness (QED) is 0.509. The van der Waals surface area contributed by atoms with Gasteiger partial charge in [0.2, 0.25) is 0 Å². The van der Waals surface area contributed by atoms with Crippen molar-refractivity contribution in [3.05, 3.63) is 70.5 Å². The third-order valence-electron chi connectivity index (χ3n) is 2.83. The van der Waals surface area contributed by atoms with E-state index >= 15 is 0 Å². The van der Waals surface area contributed by atoms with Crippen molar-refractivity contribution in [3.63, 3.8) is 0 Å². The molecule has 0 saturated carbocycles. The van der Waals surface area contributed by atoms with Gasteiger partial charge in [-0.25, -0.2) is 13.2 Å². The molecule has 0 radical (unpaired) electrons. The molecule has 0 fully saturated rings. The average molecular weight is 325 g/mol. The minimum Gasteiger partial charge on any atom is -0.207 e. The van der Waals surface area contributed by atoms with Gasteiger partial charge in [0.1, 0.15) is 17.5 Å². The third kappa shape index (κ3) is 3.32. The van der Waals surface area contributed by atoms with Crippen LogP contribution in [0.2, 0.25) is 0 Å². The van der Waals surface area contributed by atoms with Crippen molar-refractivity contribution in [2.75, 3.05) is 0 Å². The Bertz CT molecular complexity index is 624. The van der Waals surface area contributed by atoms with E-state index in [1.54, 1.807) is 0 Å². The molecule has 2 rings (SSSR count). The van der Waals surface area contributed by atoms with E-state index in [0.717, 1.165) is 24.3 Å². The first-order chi connectivity index (χ1) is 9.70. The Labute approximate surface area is 121 Å². The lowest BCUT2D eigenvalue weighted by Gasteiger charge is -2.14. The molecule has 0 N–H and O–H groups in total. The first-order valence-electron chi connectivity index (χ1n) is 5.66. The zero-order valence-corrected chi connectivity index (χ0v) is 10.9. The van der Waals surface area contributed by atoms with Crippen LogP contribution in [0, 0.1) is 17.5 Å². The summed E-state index contributed by atoms with van der Waals surface area (Å²) in [5.74, 6) is -3.51. The Morgan fingerprint density at radius 2 is 1.33 bits per heavy atom. The van der Waals surface area contributed by atoms with Crippen molar-refractivity contribution in [1.29, 1.82) is 0 Å². The molecule has 7 heteroatoms. The van der Waals surface area contributed by atoms with Gasteiger partial charge in [0, 0.05) is 17.7 Å². The Morgan fingerprint density at radius 1 is 0.857 bits per heavy atom. The molecular weight excluding hydrogens is 318 g/mol. The van der Waals surface area contributed by atoms with Gasteiger partial charge in [-0.1, -0.05) is 12.1 Å². The third-order valence-corrected chi connectivity index (χ3v) is 3.30. The molecule has 0 aromatic heterocycles. The van der Waals surface area contributed by atoms with Crippen LogP contribution >= 0.6 is 11.6 Å². The van der Waals surface area contributed by atoms with Gasteiger partial charge in [0.25, 0.3) is 0 Å². The van der Waals surface area contributed by atoms with E-state index < -0.39 is 40.1 Å². The largest absolute Gasteiger partial charge is 0.416 e. The van der Waals surface area contributed by atoms with Crippen molar-refractivity contribution in [2.45, 2.75) is 11.6 Å². The van der Waals surface area contributed by atoms with E-state index in [0.29, 0.717) is 12.1 Å². The van der Waals surface area contributed by atoms with Crippen LogP contribution in [0.4, 0.5) is 26.3 Å². The molecule has 0 heterocycles. The molecule has 21 heavy (non-hydrogen) atoms. The summed E-state index contributed by atoms with van der Waals surface area (Å²) in [5.41, 5.74) is -1.46. The predicted octanol–water partition coefficient (Wildman–Crippen LogP) is 5.45. The summed E-state index contributed by atoms with van der Waals surface area (Å²) < 4.78 is 77.2. The first kappa shape index (κ1) is 15.7. The van der Waals surface area contributed by atoms with Crippen LogP contribution in [0.5, 0.6) is 0 Å². The Morgan fingerprint density at radius 3 is 1.76 bits per heavy atom. The fourth-order valence-electron chi connectivity index (χ4n) is 1.80. The molecule has 1 atom stereocenters. The van der Waals surface area contributed by atoms with Gasteiger partial charge < -0.3 is 0 Å². The van der Waals surface area contributed by atoms with Gasteiger partial charge in [0.15, 0.2) is 0 Å². The first-order valence-corrected chi connectivity index (χ1v) is 6.09. The molecule has 0 aliphatic rings. The Hall–Kier alpha value is -1.69. The van der Waals surface area contributed by atoms with Crippen LogP contribution in [0.3, 0.4) is 0 Å². The number of alkyl halides is 4. The molecule has 0 nitrogen and oxygen atoms in total. The minimum atomic E-state index is -4.52. The second-order valence-electron chi connectivity index (χ2n) is 4.27. The second-order valence-corrected chi connectivity index (χ2v) is 4.70. The molecule has 0 spiro atoms. The van der Waals surface area contributed by atoms with Gasteiger partial charge >= 0.3 is 6.18 Å². The topological polar surface area (TPSA) is 0 Å². The Kier molecular flexibility index (Phi) is 4.18. The minimum absolute atomic E-state index is 0.0640. The van der Waals surface area contributed by atoms with Crippen LogP contribution in [-0.2, 0) is 6.18 Å². The predicted molar refractivity (Wildman–Crippen MR) is 65.5 cm³/mol. The normalized spacial score (nSPS) is 13.3. The molecule has 0 aliphatic carbocycles. The number of rotatable bonds is 2. The van der Waals surface area contributed by atoms with E-state index in [1.165, 1.54) is 0 Å². The van der Waals surface area contributed by atoms with Gasteiger partial charge in [-0.2, -0.15) is 13.2 Å². The van der Waals surface area contributed by atoms with Crippen LogP contribution in [0.1, 0.15) is 22.1 Å². The van der Waals surface area contributed by atoms with E-state index in [1.807, 2.05) is 0 Å². The molecule has 112 valence electrons. The summed E-state index contributed by atoms with van der Waals surface area (Å²) >= 11 is 5.88. The number of hydrogen-bond acceptors (Lipinski definition) is 0. The van der Waals surface area contributed by atoms with Crippen LogP contribution in [-0.4, -0.2) is 0 Å². The van der Waals surface area contributed by atoms with Gasteiger partial charge in [-0.05, 0) is 17.7 Å². The summed E-state index contributed by atoms with van der Waals surface area (Å²) in [7, 11) is 0. The molecule has 0 amide bonds. The lowest BCUT2D eigenvalue weighted by Crippen LogP contribution is -2.06. The Balaban J connectivity index is 2.39. The fraction of sp³-hybridized carbons (Fsp3) is 0.143. The van der Waals surface area contributed by atoms with Gasteiger partial charge in [-0.3, -0.25) is 0 Å². The van der Waals surface area contributed by atoms with Crippen molar-refractivity contribution < 1.29 is 26.3 Å². The summed E-state index contributed by atoms with van der Waals surface area (Å²) in [6.07, 6.45) is -4.52. The van der Waals surface area contributed by atoms with Crippen LogP contribution in [0.15, 0.2) is 36.4 Å². The SMILES string of the molecule is Fc1cc(F)c(C(Cl)c2ccc(C(F)(F)F)cc2)c(F)c1. The molecule has 2 aromatic rings. The summed E-state index contributed by atoms with van der Waals surface area (Å²) in [5, 5.41) is -1.37. The average Bonchev–Trinajstić information content (AvgIpc) is 2.36. The van der Waals surface area contributed by atoms with Crippen LogP contribution < -0.4 is 0 Å². The van der Waals surface area contributed by atoms with Crippen molar-refractivity contribution in [1.82, 2.24) is 0 Å². The van der Waals surface area contributed by atoms with Crippen molar-refractivity contribution in [2.24, 2.45) is 0 Å². The smallest absolute Gasteiger partial charge is 0.207 e. The standard InChI is InChI=1S/C14H7ClF6/c15-13(12-10(17)5-9(16)6-11(12)18)7-1-3-8(4-2-7)14(19,20)21/h1-6,13H. The van der Waals surface area contributed by atoms with E-state index in [4.69, 9.17) is 11.6 Å². The van der Waals surface area contributed by atoms with Gasteiger partial charge in [-0.15, -0.1) is 11.6 Å². The maximum Gasteiger partial charge on any atom is 0.416 e. The highest BCUT2D eigenvalue weighted by atomic mass is 35.5. The maximum absolute atomic E-state index is 13.6. The summed E-state index contributed by atoms with van der Waals surface area (Å²) in [4.78, 5) is 0. The van der Waals surface area contributed by atoms with Crippen molar-refractivity contribution in [3.8, 4) is 0 Å². The van der Waals surface area contributed by atoms with E-state index in [9.17, 15) is 26.3 Å². The highest BCUT2D eigenvalue weighted by molar-refractivity contribution is 6.22. The molecular formula is C14H7ClF6. The summed E-state index contributed by atoms with van der Waals surface area (Å²) in [6.45, 7) is 0. The maximum atomic E-state index is 13.6. The lowest BCUT2D eigenvalue weighted by atomic mass is 10.0. The highest BCUT2D eigenvalue weighted by Crippen LogP contribution is 2.35. The zero-order valence-electron chi connectivity index (χ0n) is 10.2.